The van der Waals surface area contributed by atoms with Gasteiger partial charge in [-0.1, -0.05) is 26.3 Å². The van der Waals surface area contributed by atoms with E-state index < -0.39 is 11.6 Å². The van der Waals surface area contributed by atoms with Crippen LogP contribution in [0.5, 0.6) is 0 Å². The normalized spacial score (nSPS) is 12.9. The predicted molar refractivity (Wildman–Crippen MR) is 49.5 cm³/mol. The number of halogens is 2. The molecule has 13 heavy (non-hydrogen) atoms. The van der Waals surface area contributed by atoms with Crippen LogP contribution < -0.4 is 0 Å². The van der Waals surface area contributed by atoms with Gasteiger partial charge in [0.15, 0.2) is 11.6 Å². The van der Waals surface area contributed by atoms with Gasteiger partial charge in [-0.2, -0.15) is 0 Å². The first-order valence-electron chi connectivity index (χ1n) is 4.57. The van der Waals surface area contributed by atoms with Gasteiger partial charge in [-0.25, -0.2) is 8.78 Å². The molecule has 0 N–H and O–H groups in total. The highest BCUT2D eigenvalue weighted by Gasteiger charge is 2.05. The second-order valence-corrected chi connectivity index (χ2v) is 3.47. The maximum absolute atomic E-state index is 12.8. The summed E-state index contributed by atoms with van der Waals surface area (Å²) < 4.78 is 25.3. The summed E-state index contributed by atoms with van der Waals surface area (Å²) in [7, 11) is 0. The molecule has 0 heterocycles. The Labute approximate surface area is 77.6 Å². The molecule has 1 aromatic rings. The van der Waals surface area contributed by atoms with Crippen molar-refractivity contribution in [3.8, 4) is 0 Å². The summed E-state index contributed by atoms with van der Waals surface area (Å²) in [5, 5.41) is 0. The monoisotopic (exact) mass is 184 g/mol. The zero-order valence-electron chi connectivity index (χ0n) is 7.98. The molecular formula is C11H14F2. The third-order valence-corrected chi connectivity index (χ3v) is 2.27. The van der Waals surface area contributed by atoms with Gasteiger partial charge in [0.1, 0.15) is 0 Å². The average Bonchev–Trinajstić information content (AvgIpc) is 2.11. The van der Waals surface area contributed by atoms with Gasteiger partial charge in [-0.05, 0) is 30.0 Å². The maximum Gasteiger partial charge on any atom is 0.159 e. The van der Waals surface area contributed by atoms with E-state index in [1.165, 1.54) is 12.1 Å². The van der Waals surface area contributed by atoms with Crippen molar-refractivity contribution in [2.45, 2.75) is 26.7 Å². The predicted octanol–water partition coefficient (Wildman–Crippen LogP) is 3.55. The molecule has 1 unspecified atom stereocenters. The Morgan fingerprint density at radius 3 is 2.46 bits per heavy atom. The fraction of sp³-hybridized carbons (Fsp3) is 0.455. The number of hydrogen-bond donors (Lipinski definition) is 0. The van der Waals surface area contributed by atoms with E-state index in [9.17, 15) is 8.78 Å². The molecule has 0 aliphatic rings. The molecule has 0 amide bonds. The Kier molecular flexibility index (Phi) is 3.40. The van der Waals surface area contributed by atoms with Crippen molar-refractivity contribution in [3.05, 3.63) is 35.4 Å². The summed E-state index contributed by atoms with van der Waals surface area (Å²) in [6, 6.07) is 4.11. The summed E-state index contributed by atoms with van der Waals surface area (Å²) in [5.74, 6) is -1.00. The van der Waals surface area contributed by atoms with Crippen LogP contribution in [0.25, 0.3) is 0 Å². The zero-order valence-corrected chi connectivity index (χ0v) is 7.98. The van der Waals surface area contributed by atoms with Gasteiger partial charge < -0.3 is 0 Å². The highest BCUT2D eigenvalue weighted by molar-refractivity contribution is 5.18. The SMILES string of the molecule is CCC(C)Cc1ccc(F)c(F)c1. The molecule has 1 atom stereocenters. The largest absolute Gasteiger partial charge is 0.204 e. The molecule has 72 valence electrons. The maximum atomic E-state index is 12.8. The van der Waals surface area contributed by atoms with E-state index in [1.54, 1.807) is 6.07 Å². The van der Waals surface area contributed by atoms with Crippen LogP contribution in [0.15, 0.2) is 18.2 Å². The molecule has 2 heteroatoms. The van der Waals surface area contributed by atoms with Crippen LogP contribution in [0.2, 0.25) is 0 Å². The third-order valence-electron chi connectivity index (χ3n) is 2.27. The van der Waals surface area contributed by atoms with Crippen LogP contribution in [-0.2, 0) is 6.42 Å². The minimum atomic E-state index is -0.770. The van der Waals surface area contributed by atoms with Crippen LogP contribution >= 0.6 is 0 Å². The fourth-order valence-corrected chi connectivity index (χ4v) is 1.21. The minimum absolute atomic E-state index is 0.518. The van der Waals surface area contributed by atoms with Gasteiger partial charge in [0.2, 0.25) is 0 Å². The van der Waals surface area contributed by atoms with E-state index in [2.05, 4.69) is 13.8 Å². The average molecular weight is 184 g/mol. The minimum Gasteiger partial charge on any atom is -0.204 e. The number of rotatable bonds is 3. The molecule has 1 aromatic carbocycles. The second kappa shape index (κ2) is 4.35. The zero-order chi connectivity index (χ0) is 9.84. The van der Waals surface area contributed by atoms with Gasteiger partial charge in [0, 0.05) is 0 Å². The van der Waals surface area contributed by atoms with Crippen LogP contribution in [-0.4, -0.2) is 0 Å². The second-order valence-electron chi connectivity index (χ2n) is 3.47. The molecule has 0 fully saturated rings. The molecule has 0 spiro atoms. The lowest BCUT2D eigenvalue weighted by Gasteiger charge is -2.07. The molecule has 1 rings (SSSR count). The van der Waals surface area contributed by atoms with Crippen molar-refractivity contribution >= 4 is 0 Å². The van der Waals surface area contributed by atoms with Crippen LogP contribution in [0, 0.1) is 17.6 Å². The Morgan fingerprint density at radius 2 is 1.92 bits per heavy atom. The highest BCUT2D eigenvalue weighted by Crippen LogP contribution is 2.14. The van der Waals surface area contributed by atoms with Crippen LogP contribution in [0.3, 0.4) is 0 Å². The van der Waals surface area contributed by atoms with Crippen molar-refractivity contribution in [2.24, 2.45) is 5.92 Å². The first kappa shape index (κ1) is 10.2. The number of benzene rings is 1. The summed E-state index contributed by atoms with van der Waals surface area (Å²) in [5.41, 5.74) is 0.869. The quantitative estimate of drug-likeness (QED) is 0.673. The van der Waals surface area contributed by atoms with Gasteiger partial charge in [0.25, 0.3) is 0 Å². The lowest BCUT2D eigenvalue weighted by molar-refractivity contribution is 0.502. The Balaban J connectivity index is 2.73. The summed E-state index contributed by atoms with van der Waals surface area (Å²) in [6.07, 6.45) is 1.87. The Bertz CT molecular complexity index is 281. The first-order chi connectivity index (χ1) is 6.13. The van der Waals surface area contributed by atoms with Crippen LogP contribution in [0.4, 0.5) is 8.78 Å². The molecule has 0 saturated carbocycles. The fourth-order valence-electron chi connectivity index (χ4n) is 1.21. The van der Waals surface area contributed by atoms with Crippen molar-refractivity contribution < 1.29 is 8.78 Å². The van der Waals surface area contributed by atoms with Crippen molar-refractivity contribution in [3.63, 3.8) is 0 Å². The third kappa shape index (κ3) is 2.79. The molecule has 0 bridgehead atoms. The lowest BCUT2D eigenvalue weighted by Crippen LogP contribution is -1.98. The molecule has 0 saturated heterocycles. The summed E-state index contributed by atoms with van der Waals surface area (Å²) in [6.45, 7) is 4.19. The topological polar surface area (TPSA) is 0 Å². The molecule has 0 nitrogen and oxygen atoms in total. The lowest BCUT2D eigenvalue weighted by atomic mass is 9.99. The van der Waals surface area contributed by atoms with Gasteiger partial charge >= 0.3 is 0 Å². The molecular weight excluding hydrogens is 170 g/mol. The number of hydrogen-bond acceptors (Lipinski definition) is 0. The first-order valence-corrected chi connectivity index (χ1v) is 4.57. The highest BCUT2D eigenvalue weighted by atomic mass is 19.2. The van der Waals surface area contributed by atoms with E-state index in [-0.39, 0.29) is 0 Å². The van der Waals surface area contributed by atoms with Gasteiger partial charge in [-0.3, -0.25) is 0 Å². The van der Waals surface area contributed by atoms with E-state index in [0.717, 1.165) is 18.4 Å². The van der Waals surface area contributed by atoms with E-state index in [0.29, 0.717) is 5.92 Å². The van der Waals surface area contributed by atoms with E-state index >= 15 is 0 Å². The van der Waals surface area contributed by atoms with Crippen LogP contribution in [0.1, 0.15) is 25.8 Å². The summed E-state index contributed by atoms with van der Waals surface area (Å²) >= 11 is 0. The standard InChI is InChI=1S/C11H14F2/c1-3-8(2)6-9-4-5-10(12)11(13)7-9/h4-5,7-8H,3,6H2,1-2H3. The Hall–Kier alpha value is -0.920. The smallest absolute Gasteiger partial charge is 0.159 e. The summed E-state index contributed by atoms with van der Waals surface area (Å²) in [4.78, 5) is 0. The van der Waals surface area contributed by atoms with Gasteiger partial charge in [-0.15, -0.1) is 0 Å². The molecule has 0 aromatic heterocycles. The van der Waals surface area contributed by atoms with Crippen molar-refractivity contribution in [2.75, 3.05) is 0 Å². The molecule has 0 radical (unpaired) electrons. The van der Waals surface area contributed by atoms with Gasteiger partial charge in [0.05, 0.1) is 0 Å². The van der Waals surface area contributed by atoms with Crippen molar-refractivity contribution in [1.29, 1.82) is 0 Å². The van der Waals surface area contributed by atoms with E-state index in [4.69, 9.17) is 0 Å². The van der Waals surface area contributed by atoms with E-state index in [1.807, 2.05) is 0 Å². The molecule has 0 aliphatic heterocycles. The van der Waals surface area contributed by atoms with Crippen molar-refractivity contribution in [1.82, 2.24) is 0 Å². The Morgan fingerprint density at radius 1 is 1.23 bits per heavy atom. The molecule has 0 aliphatic carbocycles.